The second-order valence-electron chi connectivity index (χ2n) is 4.76. The van der Waals surface area contributed by atoms with Crippen LogP contribution in [-0.4, -0.2) is 11.0 Å². The van der Waals surface area contributed by atoms with Crippen LogP contribution in [0, 0.1) is 6.92 Å². The Morgan fingerprint density at radius 2 is 2.17 bits per heavy atom. The van der Waals surface area contributed by atoms with Gasteiger partial charge in [-0.15, -0.1) is 0 Å². The molecule has 0 unspecified atom stereocenters. The quantitative estimate of drug-likeness (QED) is 0.875. The fourth-order valence-electron chi connectivity index (χ4n) is 2.34. The molecule has 1 aromatic heterocycles. The van der Waals surface area contributed by atoms with Gasteiger partial charge in [0.1, 0.15) is 0 Å². The van der Waals surface area contributed by atoms with Crippen molar-refractivity contribution in [3.8, 4) is 0 Å². The maximum Gasteiger partial charge on any atom is 0.0459 e. The summed E-state index contributed by atoms with van der Waals surface area (Å²) < 4.78 is 0. The van der Waals surface area contributed by atoms with Crippen molar-refractivity contribution in [3.05, 3.63) is 35.0 Å². The first-order valence-corrected chi connectivity index (χ1v) is 6.41. The molecule has 2 rings (SSSR count). The number of hydrogen-bond donors (Lipinski definition) is 1. The molecule has 96 valence electrons. The molecular formula is C15H18NO2-. The molecular weight excluding hydrogens is 226 g/mol. The van der Waals surface area contributed by atoms with E-state index in [0.29, 0.717) is 0 Å². The van der Waals surface area contributed by atoms with E-state index in [1.807, 2.05) is 13.0 Å². The number of carbonyl (C=O) groups excluding carboxylic acids is 1. The lowest BCUT2D eigenvalue weighted by Crippen LogP contribution is -2.24. The molecule has 0 fully saturated rings. The predicted molar refractivity (Wildman–Crippen MR) is 70.4 cm³/mol. The Labute approximate surface area is 107 Å². The molecule has 0 bridgehead atoms. The molecule has 0 spiro atoms. The lowest BCUT2D eigenvalue weighted by molar-refractivity contribution is -0.304. The van der Waals surface area contributed by atoms with Crippen LogP contribution in [0.25, 0.3) is 10.9 Å². The zero-order chi connectivity index (χ0) is 13.1. The third-order valence-electron chi connectivity index (χ3n) is 3.32. The lowest BCUT2D eigenvalue weighted by atomic mass is 10.0. The smallest absolute Gasteiger partial charge is 0.0459 e. The number of aromatic amines is 1. The normalized spacial score (nSPS) is 11.0. The fraction of sp³-hybridized carbons (Fsp3) is 0.400. The average Bonchev–Trinajstić information content (AvgIpc) is 2.63. The summed E-state index contributed by atoms with van der Waals surface area (Å²) >= 11 is 0. The highest BCUT2D eigenvalue weighted by atomic mass is 16.4. The summed E-state index contributed by atoms with van der Waals surface area (Å²) in [5.41, 5.74) is 4.04. The van der Waals surface area contributed by atoms with E-state index in [1.54, 1.807) is 0 Å². The summed E-state index contributed by atoms with van der Waals surface area (Å²) in [6.45, 7) is 4.07. The van der Waals surface area contributed by atoms with Crippen molar-refractivity contribution in [2.24, 2.45) is 0 Å². The summed E-state index contributed by atoms with van der Waals surface area (Å²) in [5, 5.41) is 11.8. The van der Waals surface area contributed by atoms with Crippen molar-refractivity contribution in [1.82, 2.24) is 4.98 Å². The van der Waals surface area contributed by atoms with Gasteiger partial charge in [0.2, 0.25) is 0 Å². The molecule has 0 saturated heterocycles. The van der Waals surface area contributed by atoms with E-state index in [1.165, 1.54) is 5.56 Å². The Hall–Kier alpha value is -1.77. The molecule has 3 heteroatoms. The predicted octanol–water partition coefficient (Wildman–Crippen LogP) is 2.11. The van der Waals surface area contributed by atoms with Gasteiger partial charge in [-0.1, -0.05) is 19.4 Å². The largest absolute Gasteiger partial charge is 0.550 e. The number of fused-ring (bicyclic) bond motifs is 1. The lowest BCUT2D eigenvalue weighted by Gasteiger charge is -2.04. The molecule has 0 aliphatic rings. The standard InChI is InChI=1S/C15H19NO2/c1-3-4-5-11-6-7-14-13(8-11)12(9-15(17)18)10(2)16-14/h6-8,16H,3-5,9H2,1-2H3,(H,17,18)/p-1. The summed E-state index contributed by atoms with van der Waals surface area (Å²) in [6.07, 6.45) is 3.34. The van der Waals surface area contributed by atoms with Crippen LogP contribution >= 0.6 is 0 Å². The number of aromatic nitrogens is 1. The van der Waals surface area contributed by atoms with Crippen LogP contribution in [0.3, 0.4) is 0 Å². The number of nitrogens with one attached hydrogen (secondary N) is 1. The third kappa shape index (κ3) is 2.55. The van der Waals surface area contributed by atoms with Gasteiger partial charge in [-0.3, -0.25) is 0 Å². The summed E-state index contributed by atoms with van der Waals surface area (Å²) in [4.78, 5) is 14.0. The minimum absolute atomic E-state index is 0.0247. The average molecular weight is 244 g/mol. The van der Waals surface area contributed by atoms with Crippen molar-refractivity contribution < 1.29 is 9.90 Å². The van der Waals surface area contributed by atoms with Gasteiger partial charge < -0.3 is 14.9 Å². The Morgan fingerprint density at radius 1 is 1.39 bits per heavy atom. The van der Waals surface area contributed by atoms with E-state index in [-0.39, 0.29) is 6.42 Å². The molecule has 3 nitrogen and oxygen atoms in total. The van der Waals surface area contributed by atoms with Crippen LogP contribution in [-0.2, 0) is 17.6 Å². The van der Waals surface area contributed by atoms with E-state index in [9.17, 15) is 9.90 Å². The molecule has 2 aromatic rings. The van der Waals surface area contributed by atoms with Crippen molar-refractivity contribution >= 4 is 16.9 Å². The van der Waals surface area contributed by atoms with Gasteiger partial charge in [-0.25, -0.2) is 0 Å². The highest BCUT2D eigenvalue weighted by Crippen LogP contribution is 2.24. The number of H-pyrrole nitrogens is 1. The first kappa shape index (κ1) is 12.7. The third-order valence-corrected chi connectivity index (χ3v) is 3.32. The minimum atomic E-state index is -1.03. The number of hydrogen-bond acceptors (Lipinski definition) is 2. The fourth-order valence-corrected chi connectivity index (χ4v) is 2.34. The van der Waals surface area contributed by atoms with Crippen LogP contribution in [0.15, 0.2) is 18.2 Å². The number of carbonyl (C=O) groups is 1. The Bertz CT molecular complexity index is 569. The molecule has 18 heavy (non-hydrogen) atoms. The van der Waals surface area contributed by atoms with Crippen molar-refractivity contribution in [2.75, 3.05) is 0 Å². The molecule has 0 aliphatic carbocycles. The van der Waals surface area contributed by atoms with E-state index in [2.05, 4.69) is 24.0 Å². The van der Waals surface area contributed by atoms with Crippen molar-refractivity contribution in [1.29, 1.82) is 0 Å². The van der Waals surface area contributed by atoms with Gasteiger partial charge in [0.25, 0.3) is 0 Å². The molecule has 0 radical (unpaired) electrons. The molecule has 0 atom stereocenters. The van der Waals surface area contributed by atoms with Crippen molar-refractivity contribution in [2.45, 2.75) is 39.5 Å². The first-order valence-electron chi connectivity index (χ1n) is 6.41. The topological polar surface area (TPSA) is 55.9 Å². The summed E-state index contributed by atoms with van der Waals surface area (Å²) in [7, 11) is 0. The van der Waals surface area contributed by atoms with Gasteiger partial charge in [-0.05, 0) is 43.0 Å². The molecule has 0 saturated carbocycles. The highest BCUT2D eigenvalue weighted by molar-refractivity contribution is 5.88. The Morgan fingerprint density at radius 3 is 2.83 bits per heavy atom. The zero-order valence-corrected chi connectivity index (χ0v) is 10.9. The van der Waals surface area contributed by atoms with Crippen LogP contribution in [0.4, 0.5) is 0 Å². The first-order chi connectivity index (χ1) is 8.61. The van der Waals surface area contributed by atoms with Crippen molar-refractivity contribution in [3.63, 3.8) is 0 Å². The Balaban J connectivity index is 2.42. The zero-order valence-electron chi connectivity index (χ0n) is 10.9. The van der Waals surface area contributed by atoms with Gasteiger partial charge in [0.15, 0.2) is 0 Å². The number of unbranched alkanes of at least 4 members (excludes halogenated alkanes) is 1. The summed E-state index contributed by atoms with van der Waals surface area (Å²) in [6, 6.07) is 6.25. The number of rotatable bonds is 5. The monoisotopic (exact) mass is 244 g/mol. The second-order valence-corrected chi connectivity index (χ2v) is 4.76. The Kier molecular flexibility index (Phi) is 3.70. The maximum atomic E-state index is 10.8. The number of aliphatic carboxylic acids is 1. The van der Waals surface area contributed by atoms with Crippen LogP contribution in [0.5, 0.6) is 0 Å². The number of benzene rings is 1. The maximum absolute atomic E-state index is 10.8. The van der Waals surface area contributed by atoms with Crippen LogP contribution in [0.1, 0.15) is 36.6 Å². The second kappa shape index (κ2) is 5.25. The SMILES string of the molecule is CCCCc1ccc2[nH]c(C)c(CC(=O)[O-])c2c1. The molecule has 0 aliphatic heterocycles. The van der Waals surface area contributed by atoms with Gasteiger partial charge >= 0.3 is 0 Å². The number of carboxylic acid groups (broad SMARTS) is 1. The van der Waals surface area contributed by atoms with Crippen LogP contribution in [0.2, 0.25) is 0 Å². The number of carboxylic acids is 1. The molecule has 1 N–H and O–H groups in total. The van der Waals surface area contributed by atoms with E-state index in [4.69, 9.17) is 0 Å². The number of aryl methyl sites for hydroxylation is 2. The highest BCUT2D eigenvalue weighted by Gasteiger charge is 2.09. The van der Waals surface area contributed by atoms with E-state index >= 15 is 0 Å². The van der Waals surface area contributed by atoms with E-state index < -0.39 is 5.97 Å². The minimum Gasteiger partial charge on any atom is -0.550 e. The molecule has 1 heterocycles. The summed E-state index contributed by atoms with van der Waals surface area (Å²) in [5.74, 6) is -1.03. The van der Waals surface area contributed by atoms with Gasteiger partial charge in [0.05, 0.1) is 0 Å². The molecule has 1 aromatic carbocycles. The van der Waals surface area contributed by atoms with E-state index in [0.717, 1.165) is 41.4 Å². The van der Waals surface area contributed by atoms with Gasteiger partial charge in [-0.2, -0.15) is 0 Å². The molecule has 0 amide bonds. The van der Waals surface area contributed by atoms with Gasteiger partial charge in [0, 0.05) is 29.0 Å². The van der Waals surface area contributed by atoms with Crippen LogP contribution < -0.4 is 5.11 Å².